The molecule has 0 bridgehead atoms. The molecule has 0 spiro atoms. The third-order valence-electron chi connectivity index (χ3n) is 3.76. The van der Waals surface area contributed by atoms with Crippen molar-refractivity contribution in [1.29, 1.82) is 0 Å². The Morgan fingerprint density at radius 3 is 2.81 bits per heavy atom. The fourth-order valence-electron chi connectivity index (χ4n) is 2.44. The van der Waals surface area contributed by atoms with Gasteiger partial charge >= 0.3 is 0 Å². The van der Waals surface area contributed by atoms with Crippen LogP contribution in [0.3, 0.4) is 0 Å². The van der Waals surface area contributed by atoms with Gasteiger partial charge in [-0.25, -0.2) is 0 Å². The molecule has 2 aromatic rings. The van der Waals surface area contributed by atoms with Gasteiger partial charge in [-0.15, -0.1) is 10.2 Å². The first-order valence-electron chi connectivity index (χ1n) is 9.06. The minimum atomic E-state index is -0.107. The summed E-state index contributed by atoms with van der Waals surface area (Å²) in [6, 6.07) is 7.30. The lowest BCUT2D eigenvalue weighted by Gasteiger charge is -2.12. The van der Waals surface area contributed by atoms with Gasteiger partial charge in [-0.3, -0.25) is 9.79 Å². The maximum Gasteiger partial charge on any atom is 0.251 e. The maximum absolute atomic E-state index is 12.1. The Kier molecular flexibility index (Phi) is 8.76. The minimum Gasteiger partial charge on any atom is -0.357 e. The lowest BCUT2D eigenvalue weighted by Crippen LogP contribution is -2.39. The van der Waals surface area contributed by atoms with Crippen molar-refractivity contribution in [3.05, 3.63) is 46.5 Å². The number of aromatic nitrogens is 3. The van der Waals surface area contributed by atoms with E-state index in [1.54, 1.807) is 18.5 Å². The van der Waals surface area contributed by atoms with Gasteiger partial charge in [0, 0.05) is 42.6 Å². The van der Waals surface area contributed by atoms with E-state index in [1.165, 1.54) is 0 Å². The van der Waals surface area contributed by atoms with E-state index in [1.807, 2.05) is 23.6 Å². The summed E-state index contributed by atoms with van der Waals surface area (Å²) in [6.07, 6.45) is 2.59. The first-order chi connectivity index (χ1) is 13.1. The fourth-order valence-corrected chi connectivity index (χ4v) is 2.84. The van der Waals surface area contributed by atoms with Gasteiger partial charge in [0.25, 0.3) is 5.91 Å². The summed E-state index contributed by atoms with van der Waals surface area (Å²) in [5.41, 5.74) is 0.624. The van der Waals surface area contributed by atoms with Crippen molar-refractivity contribution in [1.82, 2.24) is 30.7 Å². The van der Waals surface area contributed by atoms with Crippen LogP contribution >= 0.6 is 15.9 Å². The van der Waals surface area contributed by atoms with Gasteiger partial charge in [-0.2, -0.15) is 0 Å². The molecule has 2 rings (SSSR count). The van der Waals surface area contributed by atoms with Gasteiger partial charge in [-0.05, 0) is 25.1 Å². The highest BCUT2D eigenvalue weighted by Crippen LogP contribution is 2.11. The first-order valence-corrected chi connectivity index (χ1v) is 9.86. The number of nitrogens with zero attached hydrogens (tertiary/aromatic N) is 4. The van der Waals surface area contributed by atoms with Crippen molar-refractivity contribution in [3.63, 3.8) is 0 Å². The van der Waals surface area contributed by atoms with E-state index >= 15 is 0 Å². The largest absolute Gasteiger partial charge is 0.357 e. The number of rotatable bonds is 9. The lowest BCUT2D eigenvalue weighted by atomic mass is 10.2. The van der Waals surface area contributed by atoms with Crippen molar-refractivity contribution in [2.24, 2.45) is 4.99 Å². The van der Waals surface area contributed by atoms with Crippen LogP contribution in [0.5, 0.6) is 0 Å². The number of carbonyl (C=O) groups is 1. The zero-order valence-corrected chi connectivity index (χ0v) is 17.3. The summed E-state index contributed by atoms with van der Waals surface area (Å²) in [4.78, 5) is 16.6. The van der Waals surface area contributed by atoms with E-state index in [0.29, 0.717) is 25.2 Å². The van der Waals surface area contributed by atoms with Crippen LogP contribution in [-0.2, 0) is 13.0 Å². The van der Waals surface area contributed by atoms with Crippen LogP contribution in [0.4, 0.5) is 0 Å². The summed E-state index contributed by atoms with van der Waals surface area (Å²) in [7, 11) is 0. The number of aliphatic imine (C=N–C) groups is 1. The fraction of sp³-hybridized carbons (Fsp3) is 0.444. The van der Waals surface area contributed by atoms with Crippen molar-refractivity contribution in [3.8, 4) is 0 Å². The molecule has 27 heavy (non-hydrogen) atoms. The third-order valence-corrected chi connectivity index (χ3v) is 4.25. The molecule has 0 aliphatic rings. The number of nitrogens with one attached hydrogen (secondary N) is 3. The molecule has 0 saturated carbocycles. The van der Waals surface area contributed by atoms with E-state index < -0.39 is 0 Å². The van der Waals surface area contributed by atoms with Crippen LogP contribution in [-0.4, -0.2) is 52.8 Å². The lowest BCUT2D eigenvalue weighted by molar-refractivity contribution is 0.0954. The van der Waals surface area contributed by atoms with Crippen molar-refractivity contribution >= 4 is 27.8 Å². The summed E-state index contributed by atoms with van der Waals surface area (Å²) in [6.45, 7) is 7.27. The van der Waals surface area contributed by atoms with Crippen molar-refractivity contribution in [2.75, 3.05) is 26.2 Å². The van der Waals surface area contributed by atoms with Crippen LogP contribution < -0.4 is 16.0 Å². The summed E-state index contributed by atoms with van der Waals surface area (Å²) in [5, 5.41) is 17.4. The Morgan fingerprint density at radius 2 is 2.07 bits per heavy atom. The second-order valence-corrected chi connectivity index (χ2v) is 6.66. The molecule has 1 aromatic carbocycles. The minimum absolute atomic E-state index is 0.107. The SMILES string of the molecule is CCNC(=NCCNC(=O)c1cccc(Br)c1)NCCn1cnnc1CC. The van der Waals surface area contributed by atoms with Gasteiger partial charge < -0.3 is 20.5 Å². The standard InChI is InChI=1S/C18H26BrN7O/c1-3-16-25-24-13-26(16)11-10-23-18(20-4-2)22-9-8-21-17(27)14-6-5-7-15(19)12-14/h5-7,12-13H,3-4,8-11H2,1-2H3,(H,21,27)(H2,20,22,23). The van der Waals surface area contributed by atoms with Gasteiger partial charge in [0.1, 0.15) is 12.2 Å². The van der Waals surface area contributed by atoms with E-state index in [9.17, 15) is 4.79 Å². The molecule has 1 aromatic heterocycles. The average Bonchev–Trinajstić information content (AvgIpc) is 3.12. The maximum atomic E-state index is 12.1. The molecule has 1 heterocycles. The van der Waals surface area contributed by atoms with Gasteiger partial charge in [0.15, 0.2) is 5.96 Å². The first kappa shape index (κ1) is 20.9. The molecule has 0 fully saturated rings. The molecule has 0 aliphatic carbocycles. The van der Waals surface area contributed by atoms with Crippen LogP contribution in [0, 0.1) is 0 Å². The van der Waals surface area contributed by atoms with E-state index in [2.05, 4.69) is 54.0 Å². The molecular weight excluding hydrogens is 410 g/mol. The number of aryl methyl sites for hydroxylation is 1. The van der Waals surface area contributed by atoms with Crippen molar-refractivity contribution in [2.45, 2.75) is 26.8 Å². The highest BCUT2D eigenvalue weighted by molar-refractivity contribution is 9.10. The molecule has 0 aliphatic heterocycles. The number of halogens is 1. The Bertz CT molecular complexity index is 760. The average molecular weight is 436 g/mol. The zero-order chi connectivity index (χ0) is 19.5. The number of carbonyl (C=O) groups excluding carboxylic acids is 1. The van der Waals surface area contributed by atoms with Crippen LogP contribution in [0.15, 0.2) is 40.1 Å². The number of amides is 1. The Morgan fingerprint density at radius 1 is 1.22 bits per heavy atom. The second-order valence-electron chi connectivity index (χ2n) is 5.75. The van der Waals surface area contributed by atoms with E-state index in [-0.39, 0.29) is 5.91 Å². The van der Waals surface area contributed by atoms with Crippen LogP contribution in [0.1, 0.15) is 30.0 Å². The molecule has 3 N–H and O–H groups in total. The summed E-state index contributed by atoms with van der Waals surface area (Å²) < 4.78 is 2.90. The van der Waals surface area contributed by atoms with Gasteiger partial charge in [0.05, 0.1) is 6.54 Å². The second kappa shape index (κ2) is 11.3. The number of guanidine groups is 1. The molecule has 0 unspecified atom stereocenters. The molecule has 0 radical (unpaired) electrons. The van der Waals surface area contributed by atoms with Gasteiger partial charge in [-0.1, -0.05) is 28.9 Å². The smallest absolute Gasteiger partial charge is 0.251 e. The van der Waals surface area contributed by atoms with E-state index in [4.69, 9.17) is 0 Å². The molecule has 0 atom stereocenters. The number of hydrogen-bond acceptors (Lipinski definition) is 4. The molecule has 0 saturated heterocycles. The summed E-state index contributed by atoms with van der Waals surface area (Å²) in [5.74, 6) is 1.58. The Hall–Kier alpha value is -2.42. The summed E-state index contributed by atoms with van der Waals surface area (Å²) >= 11 is 3.37. The highest BCUT2D eigenvalue weighted by Gasteiger charge is 2.05. The van der Waals surface area contributed by atoms with Crippen molar-refractivity contribution < 1.29 is 4.79 Å². The number of benzene rings is 1. The molecule has 1 amide bonds. The third kappa shape index (κ3) is 7.01. The highest BCUT2D eigenvalue weighted by atomic mass is 79.9. The predicted molar refractivity (Wildman–Crippen MR) is 110 cm³/mol. The quantitative estimate of drug-likeness (QED) is 0.315. The Labute approximate surface area is 168 Å². The predicted octanol–water partition coefficient (Wildman–Crippen LogP) is 1.59. The normalized spacial score (nSPS) is 11.3. The van der Waals surface area contributed by atoms with Gasteiger partial charge in [0.2, 0.25) is 0 Å². The van der Waals surface area contributed by atoms with Crippen LogP contribution in [0.25, 0.3) is 0 Å². The zero-order valence-electron chi connectivity index (χ0n) is 15.7. The monoisotopic (exact) mass is 435 g/mol. The molecule has 8 nitrogen and oxygen atoms in total. The molecular formula is C18H26BrN7O. The molecule has 9 heteroatoms. The molecule has 146 valence electrons. The topological polar surface area (TPSA) is 96.2 Å². The number of hydrogen-bond donors (Lipinski definition) is 3. The Balaban J connectivity index is 1.76. The van der Waals surface area contributed by atoms with E-state index in [0.717, 1.165) is 35.8 Å². The van der Waals surface area contributed by atoms with Crippen LogP contribution in [0.2, 0.25) is 0 Å².